The van der Waals surface area contributed by atoms with Crippen molar-refractivity contribution >= 4 is 0 Å². The van der Waals surface area contributed by atoms with Gasteiger partial charge in [0, 0.05) is 0 Å². The number of hydrogen-bond donors (Lipinski definition) is 0. The van der Waals surface area contributed by atoms with Gasteiger partial charge in [0.1, 0.15) is 0 Å². The lowest BCUT2D eigenvalue weighted by Gasteiger charge is -2.01. The van der Waals surface area contributed by atoms with Crippen molar-refractivity contribution in [2.45, 2.75) is 50.7 Å². The van der Waals surface area contributed by atoms with Crippen molar-refractivity contribution in [3.05, 3.63) is 0 Å². The first-order chi connectivity index (χ1) is 4.81. The van der Waals surface area contributed by atoms with E-state index in [1.165, 1.54) is 25.7 Å². The molecule has 0 N–H and O–H groups in total. The van der Waals surface area contributed by atoms with Crippen LogP contribution in [0.1, 0.15) is 39.9 Å². The van der Waals surface area contributed by atoms with Crippen LogP contribution < -0.4 is 0 Å². The maximum Gasteiger partial charge on any atom is 0.0841 e. The molecule has 2 rings (SSSR count). The summed E-state index contributed by atoms with van der Waals surface area (Å²) in [7, 11) is 0. The Hall–Kier alpha value is -0.0400. The molecule has 1 heterocycles. The average Bonchev–Trinajstić information content (AvgIpc) is 2.44. The van der Waals surface area contributed by atoms with E-state index in [0.717, 1.165) is 12.8 Å². The van der Waals surface area contributed by atoms with Crippen LogP contribution in [0.5, 0.6) is 0 Å². The van der Waals surface area contributed by atoms with E-state index in [-0.39, 0.29) is 0 Å². The number of epoxide rings is 1. The lowest BCUT2D eigenvalue weighted by Crippen LogP contribution is -1.97. The van der Waals surface area contributed by atoms with Crippen molar-refractivity contribution in [3.63, 3.8) is 0 Å². The molecule has 0 aromatic carbocycles. The van der Waals surface area contributed by atoms with Gasteiger partial charge in [-0.3, -0.25) is 0 Å². The molecule has 1 saturated heterocycles. The predicted octanol–water partition coefficient (Wildman–Crippen LogP) is 2.11. The first-order valence-electron chi connectivity index (χ1n) is 4.49. The van der Waals surface area contributed by atoms with E-state index < -0.39 is 6.08 Å². The predicted molar refractivity (Wildman–Crippen MR) is 36.4 cm³/mol. The number of ether oxygens (including phenoxy) is 1. The summed E-state index contributed by atoms with van der Waals surface area (Å²) in [5.74, 6) is 0. The normalized spacial score (nSPS) is 52.4. The van der Waals surface area contributed by atoms with Gasteiger partial charge in [-0.2, -0.15) is 0 Å². The van der Waals surface area contributed by atoms with Gasteiger partial charge in [-0.15, -0.1) is 0 Å². The van der Waals surface area contributed by atoms with Crippen LogP contribution in [0.4, 0.5) is 0 Å². The van der Waals surface area contributed by atoms with Gasteiger partial charge >= 0.3 is 0 Å². The Morgan fingerprint density at radius 3 is 2.78 bits per heavy atom. The molecule has 0 bridgehead atoms. The zero-order valence-electron chi connectivity index (χ0n) is 6.73. The van der Waals surface area contributed by atoms with Crippen molar-refractivity contribution in [3.8, 4) is 0 Å². The summed E-state index contributed by atoms with van der Waals surface area (Å²) in [5, 5.41) is 0. The van der Waals surface area contributed by atoms with Gasteiger partial charge in [-0.05, 0) is 12.8 Å². The van der Waals surface area contributed by atoms with Crippen LogP contribution in [-0.4, -0.2) is 12.2 Å². The van der Waals surface area contributed by atoms with Crippen molar-refractivity contribution < 1.29 is 6.11 Å². The fourth-order valence-electron chi connectivity index (χ4n) is 1.57. The molecule has 2 aliphatic rings. The molecule has 0 aromatic heterocycles. The van der Waals surface area contributed by atoms with Crippen molar-refractivity contribution in [2.75, 3.05) is 0 Å². The van der Waals surface area contributed by atoms with E-state index in [1.54, 1.807) is 0 Å². The second-order valence-corrected chi connectivity index (χ2v) is 3.03. The molecule has 1 aliphatic heterocycles. The highest BCUT2D eigenvalue weighted by molar-refractivity contribution is 4.85. The van der Waals surface area contributed by atoms with Gasteiger partial charge < -0.3 is 4.74 Å². The molecule has 2 fully saturated rings. The summed E-state index contributed by atoms with van der Waals surface area (Å²) in [5.41, 5.74) is 0. The molecule has 0 spiro atoms. The Morgan fingerprint density at radius 2 is 1.89 bits per heavy atom. The van der Waals surface area contributed by atoms with E-state index in [9.17, 15) is 0 Å². The zero-order valence-corrected chi connectivity index (χ0v) is 5.73. The second-order valence-electron chi connectivity index (χ2n) is 3.03. The smallest absolute Gasteiger partial charge is 0.0841 e. The third kappa shape index (κ3) is 1.26. The Bertz CT molecular complexity index is 137. The molecule has 0 amide bonds. The molecular formula is C8H14O. The van der Waals surface area contributed by atoms with E-state index >= 15 is 0 Å². The van der Waals surface area contributed by atoms with Crippen molar-refractivity contribution in [1.82, 2.24) is 0 Å². The van der Waals surface area contributed by atoms with Crippen LogP contribution in [0.15, 0.2) is 0 Å². The third-order valence-electron chi connectivity index (χ3n) is 2.24. The molecule has 0 radical (unpaired) electrons. The molecule has 0 aromatic rings. The van der Waals surface area contributed by atoms with Crippen LogP contribution in [-0.2, 0) is 4.74 Å². The summed E-state index contributed by atoms with van der Waals surface area (Å²) in [4.78, 5) is 0. The lowest BCUT2D eigenvalue weighted by molar-refractivity contribution is 0.358. The molecular weight excluding hydrogens is 112 g/mol. The Kier molecular flexibility index (Phi) is 1.21. The first kappa shape index (κ1) is 4.73. The molecule has 52 valence electrons. The number of rotatable bonds is 0. The minimum atomic E-state index is -0.430. The highest BCUT2D eigenvalue weighted by Crippen LogP contribution is 2.33. The van der Waals surface area contributed by atoms with E-state index in [2.05, 4.69) is 0 Å². The molecule has 1 aliphatic carbocycles. The van der Waals surface area contributed by atoms with Gasteiger partial charge in [0.25, 0.3) is 0 Å². The van der Waals surface area contributed by atoms with Crippen LogP contribution in [0, 0.1) is 0 Å². The topological polar surface area (TPSA) is 12.5 Å². The van der Waals surface area contributed by atoms with E-state index in [4.69, 9.17) is 6.11 Å². The number of hydrogen-bond acceptors (Lipinski definition) is 1. The average molecular weight is 127 g/mol. The van der Waals surface area contributed by atoms with Crippen LogP contribution in [0.25, 0.3) is 0 Å². The van der Waals surface area contributed by atoms with E-state index in [1.807, 2.05) is 0 Å². The van der Waals surface area contributed by atoms with Crippen molar-refractivity contribution in [1.29, 1.82) is 0 Å². The minimum Gasteiger partial charge on any atom is -0.370 e. The van der Waals surface area contributed by atoms with Gasteiger partial charge in [0.05, 0.1) is 13.6 Å². The highest BCUT2D eigenvalue weighted by atomic mass is 16.6. The largest absolute Gasteiger partial charge is 0.370 e. The van der Waals surface area contributed by atoms with Gasteiger partial charge in [-0.1, -0.05) is 25.7 Å². The lowest BCUT2D eigenvalue weighted by atomic mass is 10.0. The van der Waals surface area contributed by atoms with Gasteiger partial charge in [0.2, 0.25) is 0 Å². The van der Waals surface area contributed by atoms with Crippen LogP contribution in [0.3, 0.4) is 0 Å². The Morgan fingerprint density at radius 1 is 1.11 bits per heavy atom. The summed E-state index contributed by atoms with van der Waals surface area (Å²) in [6, 6.07) is 0. The molecule has 1 heteroatoms. The molecule has 2 atom stereocenters. The summed E-state index contributed by atoms with van der Waals surface area (Å²) < 4.78 is 13.0. The maximum atomic E-state index is 7.72. The third-order valence-corrected chi connectivity index (χ3v) is 2.24. The molecule has 9 heavy (non-hydrogen) atoms. The van der Waals surface area contributed by atoms with Crippen molar-refractivity contribution in [2.24, 2.45) is 0 Å². The molecule has 0 unspecified atom stereocenters. The zero-order chi connectivity index (χ0) is 7.03. The second kappa shape index (κ2) is 2.30. The quantitative estimate of drug-likeness (QED) is 0.454. The fraction of sp³-hybridized carbons (Fsp3) is 1.00. The molecule has 1 nitrogen and oxygen atoms in total. The standard InChI is InChI=1S/C8H14O/c1-2-4-6-8-7(9-8)5-3-1/h7-8H,1-6H2/t7-,8+/i7D/m1/s1. The summed E-state index contributed by atoms with van der Waals surface area (Å²) in [6.45, 7) is 0. The molecule has 1 saturated carbocycles. The maximum absolute atomic E-state index is 7.72. The first-order valence-corrected chi connectivity index (χ1v) is 3.99. The summed E-state index contributed by atoms with van der Waals surface area (Å²) in [6.07, 6.45) is 7.08. The van der Waals surface area contributed by atoms with Crippen LogP contribution >= 0.6 is 0 Å². The van der Waals surface area contributed by atoms with Crippen LogP contribution in [0.2, 0.25) is 0 Å². The number of fused-ring (bicyclic) bond motifs is 1. The summed E-state index contributed by atoms with van der Waals surface area (Å²) >= 11 is 0. The highest BCUT2D eigenvalue weighted by Gasteiger charge is 2.37. The SMILES string of the molecule is [2H][C@@]12CCCCCC[C@@H]1O2. The van der Waals surface area contributed by atoms with Gasteiger partial charge in [-0.25, -0.2) is 0 Å². The Labute approximate surface area is 57.8 Å². The minimum absolute atomic E-state index is 0.299. The van der Waals surface area contributed by atoms with Gasteiger partial charge in [0.15, 0.2) is 0 Å². The van der Waals surface area contributed by atoms with E-state index in [0.29, 0.717) is 6.10 Å². The fourth-order valence-corrected chi connectivity index (χ4v) is 1.57. The monoisotopic (exact) mass is 127 g/mol. The Balaban J connectivity index is 1.91.